The molecule has 1 atom stereocenters. The number of hydrogen-bond donors (Lipinski definition) is 2. The van der Waals surface area contributed by atoms with Gasteiger partial charge in [0.15, 0.2) is 0 Å². The van der Waals surface area contributed by atoms with Crippen molar-refractivity contribution in [1.82, 2.24) is 10.2 Å². The van der Waals surface area contributed by atoms with E-state index < -0.39 is 29.7 Å². The maximum atomic E-state index is 13.2. The molecule has 0 spiro atoms. The Morgan fingerprint density at radius 3 is 1.35 bits per heavy atom. The van der Waals surface area contributed by atoms with Gasteiger partial charge >= 0.3 is 0 Å². The fraction of sp³-hybridized carbons (Fsp3) is 0.704. The Hall–Kier alpha value is -4.16. The third-order valence-electron chi connectivity index (χ3n) is 11.6. The summed E-state index contributed by atoms with van der Waals surface area (Å²) in [5, 5.41) is 5.34. The van der Waals surface area contributed by atoms with Crippen LogP contribution in [0.25, 0.3) is 0 Å². The van der Waals surface area contributed by atoms with E-state index in [1.807, 2.05) is 12.1 Å². The average Bonchev–Trinajstić information content (AvgIpc) is 3.66. The van der Waals surface area contributed by atoms with Crippen molar-refractivity contribution in [1.29, 1.82) is 0 Å². The number of amides is 4. The number of carbonyl (C=O) groups is 4. The predicted molar refractivity (Wildman–Crippen MR) is 275 cm³/mol. The first-order valence-electron chi connectivity index (χ1n) is 26.7. The van der Waals surface area contributed by atoms with Crippen LogP contribution < -0.4 is 15.4 Å². The van der Waals surface area contributed by atoms with Gasteiger partial charge in [-0.2, -0.15) is 0 Å². The molecule has 0 bridgehead atoms. The Kier molecular flexibility index (Phi) is 35.4. The van der Waals surface area contributed by atoms with Gasteiger partial charge in [0.1, 0.15) is 18.4 Å². The highest BCUT2D eigenvalue weighted by Gasteiger charge is 2.45. The van der Waals surface area contributed by atoms with Crippen molar-refractivity contribution in [3.8, 4) is 5.75 Å². The summed E-state index contributed by atoms with van der Waals surface area (Å²) >= 11 is 0. The number of nitrogens with one attached hydrogen (secondary N) is 2. The maximum Gasteiger partial charge on any atom is 0.264 e. The Morgan fingerprint density at radius 1 is 0.486 bits per heavy atom. The molecule has 0 aliphatic carbocycles. The highest BCUT2D eigenvalue weighted by molar-refractivity contribution is 6.25. The van der Waals surface area contributed by atoms with E-state index >= 15 is 0 Å². The number of piperidine rings is 1. The normalized spacial score (nSPS) is 14.6. The number of fused-ring (bicyclic) bond motifs is 1. The van der Waals surface area contributed by atoms with Gasteiger partial charge in [-0.25, -0.2) is 0 Å². The zero-order valence-corrected chi connectivity index (χ0v) is 44.0. The fourth-order valence-electron chi connectivity index (χ4n) is 7.70. The first-order chi connectivity index (χ1) is 36.5. The number of ether oxygens (including phenoxy) is 13. The van der Waals surface area contributed by atoms with Crippen molar-refractivity contribution in [2.24, 2.45) is 0 Å². The van der Waals surface area contributed by atoms with Crippen LogP contribution in [-0.2, 0) is 72.9 Å². The van der Waals surface area contributed by atoms with E-state index in [-0.39, 0.29) is 24.0 Å². The fourth-order valence-corrected chi connectivity index (χ4v) is 7.70. The van der Waals surface area contributed by atoms with E-state index in [1.54, 1.807) is 18.2 Å². The average molecular weight is 1050 g/mol. The van der Waals surface area contributed by atoms with E-state index in [4.69, 9.17) is 61.6 Å². The van der Waals surface area contributed by atoms with Crippen molar-refractivity contribution in [3.05, 3.63) is 59.2 Å². The molecule has 0 saturated carbocycles. The van der Waals surface area contributed by atoms with Crippen LogP contribution in [0.3, 0.4) is 0 Å². The number of nitrogens with zero attached hydrogens (tertiary/aromatic N) is 1. The van der Waals surface area contributed by atoms with Crippen molar-refractivity contribution in [2.45, 2.75) is 77.2 Å². The maximum absolute atomic E-state index is 13.2. The van der Waals surface area contributed by atoms with Crippen LogP contribution in [0.5, 0.6) is 5.75 Å². The Bertz CT molecular complexity index is 1790. The summed E-state index contributed by atoms with van der Waals surface area (Å²) in [6, 6.07) is 12.3. The lowest BCUT2D eigenvalue weighted by Crippen LogP contribution is -2.54. The van der Waals surface area contributed by atoms with E-state index in [1.165, 1.54) is 50.5 Å². The number of unbranched alkanes of at least 4 members (excludes halogenated alkanes) is 6. The largest absolute Gasteiger partial charge is 0.491 e. The minimum absolute atomic E-state index is 0.0630. The molecule has 2 aromatic carbocycles. The van der Waals surface area contributed by atoms with Gasteiger partial charge in [-0.3, -0.25) is 29.4 Å². The number of aryl methyl sites for hydroxylation is 1. The molecule has 20 nitrogen and oxygen atoms in total. The molecular formula is C54H85N3O17. The van der Waals surface area contributed by atoms with Crippen molar-refractivity contribution in [3.63, 3.8) is 0 Å². The molecule has 0 aromatic heterocycles. The van der Waals surface area contributed by atoms with Gasteiger partial charge in [-0.15, -0.1) is 0 Å². The lowest BCUT2D eigenvalue weighted by molar-refractivity contribution is -0.136. The SMILES string of the molecule is CCCCCCCCCc1ccc(OCCOCCOCCOCCOCCOCCOCCOCCOCCOCCOCCOCCOCCNc2cccc3c2C(=O)N(C2CCC(=O)NC2=O)C3=O)cc1. The van der Waals surface area contributed by atoms with Gasteiger partial charge in [0, 0.05) is 18.7 Å². The van der Waals surface area contributed by atoms with Crippen LogP contribution in [0, 0.1) is 0 Å². The van der Waals surface area contributed by atoms with E-state index in [0.29, 0.717) is 177 Å². The minimum Gasteiger partial charge on any atom is -0.491 e. The second-order valence-corrected chi connectivity index (χ2v) is 17.3. The molecule has 1 unspecified atom stereocenters. The molecule has 2 aromatic rings. The van der Waals surface area contributed by atoms with E-state index in [0.717, 1.165) is 17.1 Å². The summed E-state index contributed by atoms with van der Waals surface area (Å²) in [5.74, 6) is -1.30. The van der Waals surface area contributed by atoms with Crippen LogP contribution in [0.4, 0.5) is 5.69 Å². The van der Waals surface area contributed by atoms with Gasteiger partial charge in [0.05, 0.1) is 170 Å². The summed E-state index contributed by atoms with van der Waals surface area (Å²) < 4.78 is 72.4. The molecular weight excluding hydrogens is 963 g/mol. The molecule has 2 aliphatic rings. The van der Waals surface area contributed by atoms with Crippen molar-refractivity contribution < 1.29 is 80.8 Å². The van der Waals surface area contributed by atoms with Gasteiger partial charge < -0.3 is 66.9 Å². The van der Waals surface area contributed by atoms with Gasteiger partial charge in [0.25, 0.3) is 11.8 Å². The predicted octanol–water partition coefficient (Wildman–Crippen LogP) is 5.07. The summed E-state index contributed by atoms with van der Waals surface area (Å²) in [4.78, 5) is 51.0. The zero-order chi connectivity index (χ0) is 52.4. The molecule has 74 heavy (non-hydrogen) atoms. The quantitative estimate of drug-likeness (QED) is 0.0653. The molecule has 2 heterocycles. The minimum atomic E-state index is -1.01. The van der Waals surface area contributed by atoms with Crippen molar-refractivity contribution in [2.75, 3.05) is 177 Å². The monoisotopic (exact) mass is 1050 g/mol. The molecule has 2 N–H and O–H groups in total. The molecule has 20 heteroatoms. The lowest BCUT2D eigenvalue weighted by atomic mass is 10.0. The summed E-state index contributed by atoms with van der Waals surface area (Å²) in [6.07, 6.45) is 10.6. The van der Waals surface area contributed by atoms with E-state index in [9.17, 15) is 19.2 Å². The first kappa shape index (κ1) is 62.4. The standard InChI is InChI=1S/C54H85N3O17/c1-2-3-4-5-6-7-8-10-45-13-15-46(16-14-45)74-44-43-73-42-41-72-40-39-71-38-37-70-36-35-69-34-33-68-32-31-67-30-29-66-28-27-65-26-25-64-24-23-63-22-21-62-20-19-55-48-12-9-11-47-51(48)54(61)57(53(47)60)49-17-18-50(58)56-52(49)59/h9,11-16,49,55H,2-8,10,17-44H2,1H3,(H,56,58,59). The molecule has 1 fully saturated rings. The summed E-state index contributed by atoms with van der Waals surface area (Å²) in [7, 11) is 0. The number of rotatable bonds is 50. The van der Waals surface area contributed by atoms with Crippen LogP contribution >= 0.6 is 0 Å². The zero-order valence-electron chi connectivity index (χ0n) is 44.0. The Morgan fingerprint density at radius 2 is 0.905 bits per heavy atom. The molecule has 0 radical (unpaired) electrons. The second kappa shape index (κ2) is 42.0. The van der Waals surface area contributed by atoms with Gasteiger partial charge in [-0.05, 0) is 49.1 Å². The number of imide groups is 2. The highest BCUT2D eigenvalue weighted by Crippen LogP contribution is 2.32. The van der Waals surface area contributed by atoms with Crippen LogP contribution in [0.15, 0.2) is 42.5 Å². The number of hydrogen-bond acceptors (Lipinski definition) is 18. The van der Waals surface area contributed by atoms with E-state index in [2.05, 4.69) is 29.7 Å². The Balaban J connectivity index is 0.772. The number of benzene rings is 2. The molecule has 2 aliphatic heterocycles. The lowest BCUT2D eigenvalue weighted by Gasteiger charge is -2.27. The highest BCUT2D eigenvalue weighted by atomic mass is 16.6. The van der Waals surface area contributed by atoms with Crippen LogP contribution in [-0.4, -0.2) is 206 Å². The smallest absolute Gasteiger partial charge is 0.264 e. The topological polar surface area (TPSA) is 216 Å². The molecule has 4 rings (SSSR count). The van der Waals surface area contributed by atoms with Gasteiger partial charge in [0.2, 0.25) is 11.8 Å². The van der Waals surface area contributed by atoms with Crippen LogP contribution in [0.1, 0.15) is 91.0 Å². The van der Waals surface area contributed by atoms with Crippen LogP contribution in [0.2, 0.25) is 0 Å². The third kappa shape index (κ3) is 27.6. The number of anilines is 1. The third-order valence-corrected chi connectivity index (χ3v) is 11.6. The summed E-state index contributed by atoms with van der Waals surface area (Å²) in [6.45, 7) is 14.2. The molecule has 418 valence electrons. The Labute approximate surface area is 438 Å². The van der Waals surface area contributed by atoms with Crippen molar-refractivity contribution >= 4 is 29.3 Å². The molecule has 4 amide bonds. The van der Waals surface area contributed by atoms with Gasteiger partial charge in [-0.1, -0.05) is 63.6 Å². The summed E-state index contributed by atoms with van der Waals surface area (Å²) in [5.41, 5.74) is 2.27. The second-order valence-electron chi connectivity index (χ2n) is 17.3. The number of carbonyl (C=O) groups excluding carboxylic acids is 4. The first-order valence-corrected chi connectivity index (χ1v) is 26.7. The molecule has 1 saturated heterocycles.